The van der Waals surface area contributed by atoms with Crippen LogP contribution in [-0.2, 0) is 12.6 Å². The smallest absolute Gasteiger partial charge is 0.370 e. The van der Waals surface area contributed by atoms with Gasteiger partial charge in [0, 0.05) is 40.3 Å². The van der Waals surface area contributed by atoms with Crippen LogP contribution >= 0.6 is 11.8 Å². The molecule has 0 radical (unpaired) electrons. The topological polar surface area (TPSA) is 153 Å². The number of halogens is 6. The van der Waals surface area contributed by atoms with Gasteiger partial charge in [-0.1, -0.05) is 19.1 Å². The number of guanidine groups is 1. The van der Waals surface area contributed by atoms with Crippen molar-refractivity contribution in [3.63, 3.8) is 0 Å². The van der Waals surface area contributed by atoms with E-state index in [1.54, 1.807) is 12.1 Å². The van der Waals surface area contributed by atoms with Gasteiger partial charge in [0.2, 0.25) is 0 Å². The first-order chi connectivity index (χ1) is 22.1. The van der Waals surface area contributed by atoms with E-state index >= 15 is 0 Å². The van der Waals surface area contributed by atoms with E-state index in [-0.39, 0.29) is 35.7 Å². The lowest BCUT2D eigenvalue weighted by atomic mass is 9.93. The Morgan fingerprint density at radius 2 is 1.79 bits per heavy atom. The van der Waals surface area contributed by atoms with Crippen molar-refractivity contribution in [1.82, 2.24) is 19.9 Å². The molecule has 2 aromatic heterocycles. The number of nitrogens with zero attached hydrogens (tertiary/aromatic N) is 3. The van der Waals surface area contributed by atoms with Gasteiger partial charge in [0.25, 0.3) is 0 Å². The minimum absolute atomic E-state index is 0.00327. The fraction of sp³-hybridized carbons (Fsp3) is 0.387. The molecule has 2 heterocycles. The number of nitrogens with two attached hydrogens (primary N) is 3. The number of H-pyrrole nitrogens is 1. The third kappa shape index (κ3) is 9.51. The molecule has 4 rings (SSSR count). The zero-order valence-electron chi connectivity index (χ0n) is 25.7. The van der Waals surface area contributed by atoms with Gasteiger partial charge in [-0.25, -0.2) is 4.79 Å². The molecule has 0 aliphatic carbocycles. The van der Waals surface area contributed by atoms with Crippen LogP contribution in [0.3, 0.4) is 0 Å². The second-order valence-electron chi connectivity index (χ2n) is 11.3. The highest BCUT2D eigenvalue weighted by atomic mass is 32.2. The number of nitrogens with one attached hydrogen (secondary N) is 2. The summed E-state index contributed by atoms with van der Waals surface area (Å²) in [6.45, 7) is 5.27. The van der Waals surface area contributed by atoms with Crippen LogP contribution in [0.1, 0.15) is 49.4 Å². The molecule has 1 unspecified atom stereocenters. The largest absolute Gasteiger partial charge is 0.446 e. The van der Waals surface area contributed by atoms with Crippen LogP contribution in [0.15, 0.2) is 63.3 Å². The second kappa shape index (κ2) is 14.8. The summed E-state index contributed by atoms with van der Waals surface area (Å²) in [6, 6.07) is 10.6. The average molecular weight is 683 g/mol. The van der Waals surface area contributed by atoms with Crippen molar-refractivity contribution >= 4 is 28.8 Å². The van der Waals surface area contributed by atoms with Crippen LogP contribution in [-0.4, -0.2) is 45.6 Å². The van der Waals surface area contributed by atoms with Crippen molar-refractivity contribution in [2.75, 3.05) is 19.6 Å². The maximum atomic E-state index is 14.4. The van der Waals surface area contributed by atoms with Crippen molar-refractivity contribution < 1.29 is 26.3 Å². The summed E-state index contributed by atoms with van der Waals surface area (Å²) in [5.74, 6) is -0.0497. The molecule has 254 valence electrons. The van der Waals surface area contributed by atoms with Gasteiger partial charge in [-0.2, -0.15) is 31.3 Å². The van der Waals surface area contributed by atoms with E-state index < -0.39 is 45.2 Å². The molecule has 2 atom stereocenters. The zero-order chi connectivity index (χ0) is 34.5. The highest BCUT2D eigenvalue weighted by Crippen LogP contribution is 2.48. The number of benzene rings is 2. The van der Waals surface area contributed by atoms with E-state index in [9.17, 15) is 31.1 Å². The molecule has 9 nitrogen and oxygen atoms in total. The first kappa shape index (κ1) is 35.8. The van der Waals surface area contributed by atoms with Gasteiger partial charge >= 0.3 is 17.4 Å². The van der Waals surface area contributed by atoms with Gasteiger partial charge in [0.15, 0.2) is 5.96 Å². The molecule has 0 bridgehead atoms. The Kier molecular flexibility index (Phi) is 11.3. The maximum absolute atomic E-state index is 14.4. The summed E-state index contributed by atoms with van der Waals surface area (Å²) < 4.78 is 84.9. The molecule has 0 saturated carbocycles. The normalized spacial score (nSPS) is 13.6. The Balaban J connectivity index is 1.70. The molecule has 0 aliphatic rings. The van der Waals surface area contributed by atoms with Gasteiger partial charge in [-0.05, 0) is 98.4 Å². The molecule has 8 N–H and O–H groups in total. The molecule has 47 heavy (non-hydrogen) atoms. The maximum Gasteiger partial charge on any atom is 0.446 e. The second-order valence-corrected chi connectivity index (χ2v) is 12.4. The van der Waals surface area contributed by atoms with Gasteiger partial charge in [-0.3, -0.25) is 9.56 Å². The standard InChI is InChI=1S/C31H36F6N8OS/c1-17(8-9-38)12-19-13-23(26(30(32,33)34)25(14-19)47-31(35,36)37)24-15-21-16-45(29(46)44-27(21)43-24)22-6-4-20(5-7-22)18(2)41-10-3-11-42-28(39)40/h4-7,13-18,41H,3,8-12,38H2,1-2H3,(H4,39,40,42)(H,43,44,46)/t17?,18-/m0/s1. The Labute approximate surface area is 271 Å². The number of aromatic amines is 1. The Morgan fingerprint density at radius 3 is 2.40 bits per heavy atom. The predicted octanol–water partition coefficient (Wildman–Crippen LogP) is 5.85. The van der Waals surface area contributed by atoms with Crippen LogP contribution in [0.2, 0.25) is 0 Å². The summed E-state index contributed by atoms with van der Waals surface area (Å²) in [5, 5.41) is 3.64. The Bertz CT molecular complexity index is 1760. The lowest BCUT2D eigenvalue weighted by molar-refractivity contribution is -0.139. The molecule has 0 amide bonds. The van der Waals surface area contributed by atoms with Crippen molar-refractivity contribution in [3.8, 4) is 16.9 Å². The number of rotatable bonds is 13. The fourth-order valence-corrected chi connectivity index (χ4v) is 6.05. The number of thioether (sulfide) groups is 1. The molecule has 0 spiro atoms. The van der Waals surface area contributed by atoms with Crippen LogP contribution in [0, 0.1) is 5.92 Å². The van der Waals surface area contributed by atoms with Gasteiger partial charge in [-0.15, -0.1) is 0 Å². The monoisotopic (exact) mass is 682 g/mol. The number of aliphatic imine (C=N–C) groups is 1. The minimum Gasteiger partial charge on any atom is -0.370 e. The molecule has 0 aliphatic heterocycles. The Morgan fingerprint density at radius 1 is 1.09 bits per heavy atom. The van der Waals surface area contributed by atoms with Gasteiger partial charge in [0.1, 0.15) is 5.65 Å². The summed E-state index contributed by atoms with van der Waals surface area (Å²) in [7, 11) is 0. The van der Waals surface area contributed by atoms with Crippen LogP contribution in [0.4, 0.5) is 26.3 Å². The lowest BCUT2D eigenvalue weighted by Crippen LogP contribution is -2.24. The van der Waals surface area contributed by atoms with Crippen LogP contribution in [0.5, 0.6) is 0 Å². The first-order valence-electron chi connectivity index (χ1n) is 14.8. The van der Waals surface area contributed by atoms with E-state index in [0.717, 1.165) is 18.1 Å². The summed E-state index contributed by atoms with van der Waals surface area (Å²) >= 11 is -0.810. The molecular weight excluding hydrogens is 646 g/mol. The summed E-state index contributed by atoms with van der Waals surface area (Å²) in [4.78, 5) is 22.7. The Hall–Kier alpha value is -4.02. The van der Waals surface area contributed by atoms with Crippen LogP contribution < -0.4 is 28.2 Å². The van der Waals surface area contributed by atoms with Crippen molar-refractivity contribution in [3.05, 3.63) is 75.8 Å². The van der Waals surface area contributed by atoms with Crippen molar-refractivity contribution in [1.29, 1.82) is 0 Å². The summed E-state index contributed by atoms with van der Waals surface area (Å²) in [5.41, 5.74) is 10.3. The van der Waals surface area contributed by atoms with Gasteiger partial charge < -0.3 is 27.5 Å². The molecular formula is C31H36F6N8OS. The number of fused-ring (bicyclic) bond motifs is 1. The SMILES string of the molecule is CC(CCN)Cc1cc(SC(F)(F)F)c(C(F)(F)F)c(-c2cc3cn(-c4ccc([C@H](C)NCCCN=C(N)N)cc4)c(=O)nc3[nH]2)c1. The molecule has 2 aromatic carbocycles. The highest BCUT2D eigenvalue weighted by molar-refractivity contribution is 8.00. The quantitative estimate of drug-likeness (QED) is 0.0390. The third-order valence-corrected chi connectivity index (χ3v) is 8.24. The fourth-order valence-electron chi connectivity index (χ4n) is 5.26. The van der Waals surface area contributed by atoms with Crippen molar-refractivity contribution in [2.45, 2.75) is 55.7 Å². The summed E-state index contributed by atoms with van der Waals surface area (Å²) in [6.07, 6.45) is -2.20. The molecule has 0 saturated heterocycles. The molecule has 0 fully saturated rings. The first-order valence-corrected chi connectivity index (χ1v) is 15.6. The lowest BCUT2D eigenvalue weighted by Gasteiger charge is -2.20. The van der Waals surface area contributed by atoms with E-state index in [4.69, 9.17) is 17.2 Å². The van der Waals surface area contributed by atoms with Crippen LogP contribution in [0.25, 0.3) is 28.0 Å². The molecule has 16 heteroatoms. The van der Waals surface area contributed by atoms with E-state index in [1.807, 2.05) is 26.0 Å². The van der Waals surface area contributed by atoms with E-state index in [2.05, 4.69) is 20.3 Å². The van der Waals surface area contributed by atoms with Gasteiger partial charge in [0.05, 0.1) is 11.3 Å². The minimum atomic E-state index is -5.11. The number of hydrogen-bond acceptors (Lipinski definition) is 6. The highest BCUT2D eigenvalue weighted by Gasteiger charge is 2.41. The average Bonchev–Trinajstić information content (AvgIpc) is 3.37. The van der Waals surface area contributed by atoms with E-state index in [1.165, 1.54) is 22.9 Å². The predicted molar refractivity (Wildman–Crippen MR) is 172 cm³/mol. The molecule has 4 aromatic rings. The number of hydrogen-bond donors (Lipinski definition) is 5. The van der Waals surface area contributed by atoms with E-state index in [0.29, 0.717) is 42.7 Å². The number of aromatic nitrogens is 3. The van der Waals surface area contributed by atoms with Crippen molar-refractivity contribution in [2.24, 2.45) is 28.1 Å². The zero-order valence-corrected chi connectivity index (χ0v) is 26.5. The number of alkyl halides is 6. The third-order valence-electron chi connectivity index (χ3n) is 7.46.